The Kier molecular flexibility index (Phi) is 6.72. The van der Waals surface area contributed by atoms with E-state index in [9.17, 15) is 14.0 Å². The van der Waals surface area contributed by atoms with Gasteiger partial charge in [-0.3, -0.25) is 9.59 Å². The molecule has 1 heterocycles. The van der Waals surface area contributed by atoms with Crippen molar-refractivity contribution in [1.29, 1.82) is 0 Å². The number of anilines is 3. The number of benzene rings is 2. The van der Waals surface area contributed by atoms with Crippen LogP contribution in [0, 0.1) is 5.82 Å². The van der Waals surface area contributed by atoms with Gasteiger partial charge in [0.1, 0.15) is 5.82 Å². The number of carbonyl (C=O) groups is 2. The van der Waals surface area contributed by atoms with Crippen LogP contribution in [0.3, 0.4) is 0 Å². The maximum Gasteiger partial charge on any atom is 0.224 e. The second-order valence-electron chi connectivity index (χ2n) is 5.70. The van der Waals surface area contributed by atoms with E-state index in [1.54, 1.807) is 43.3 Å². The summed E-state index contributed by atoms with van der Waals surface area (Å²) in [6.07, 6.45) is 0.398. The molecule has 1 aromatic heterocycles. The molecule has 2 aromatic carbocycles. The Labute approximate surface area is 169 Å². The number of Topliss-reactive ketones (excluding diaryl/α,β-unsaturated/α-hetero) is 1. The Hall–Kier alpha value is -2.78. The van der Waals surface area contributed by atoms with E-state index in [1.165, 1.54) is 35.2 Å². The van der Waals surface area contributed by atoms with Gasteiger partial charge in [0.05, 0.1) is 5.75 Å². The van der Waals surface area contributed by atoms with Crippen molar-refractivity contribution in [2.75, 3.05) is 16.4 Å². The molecule has 0 unspecified atom stereocenters. The average Bonchev–Trinajstić information content (AvgIpc) is 3.14. The van der Waals surface area contributed by atoms with Crippen LogP contribution in [0.15, 0.2) is 52.9 Å². The number of carbonyl (C=O) groups excluding carboxylic acids is 2. The third-order valence-electron chi connectivity index (χ3n) is 3.62. The van der Waals surface area contributed by atoms with Gasteiger partial charge < -0.3 is 10.6 Å². The Balaban J connectivity index is 1.53. The van der Waals surface area contributed by atoms with Gasteiger partial charge in [0, 0.05) is 23.4 Å². The van der Waals surface area contributed by atoms with E-state index in [0.29, 0.717) is 32.8 Å². The molecule has 2 N–H and O–H groups in total. The summed E-state index contributed by atoms with van der Waals surface area (Å²) in [4.78, 5) is 23.7. The smallest absolute Gasteiger partial charge is 0.224 e. The highest BCUT2D eigenvalue weighted by molar-refractivity contribution is 8.01. The number of thioether (sulfide) groups is 1. The van der Waals surface area contributed by atoms with Gasteiger partial charge in [-0.25, -0.2) is 4.39 Å². The molecule has 144 valence electrons. The van der Waals surface area contributed by atoms with Crippen LogP contribution in [-0.4, -0.2) is 27.6 Å². The summed E-state index contributed by atoms with van der Waals surface area (Å²) < 4.78 is 13.9. The Morgan fingerprint density at radius 1 is 1.11 bits per heavy atom. The van der Waals surface area contributed by atoms with Crippen LogP contribution >= 0.6 is 23.1 Å². The van der Waals surface area contributed by atoms with Crippen LogP contribution in [0.5, 0.6) is 0 Å². The van der Waals surface area contributed by atoms with Crippen molar-refractivity contribution in [1.82, 2.24) is 10.2 Å². The molecule has 0 atom stereocenters. The Morgan fingerprint density at radius 2 is 1.89 bits per heavy atom. The van der Waals surface area contributed by atoms with Crippen LogP contribution in [0.4, 0.5) is 20.9 Å². The number of hydrogen-bond acceptors (Lipinski definition) is 7. The molecule has 3 rings (SSSR count). The maximum atomic E-state index is 13.2. The van der Waals surface area contributed by atoms with E-state index in [2.05, 4.69) is 20.8 Å². The molecular weight excluding hydrogens is 399 g/mol. The van der Waals surface area contributed by atoms with E-state index in [-0.39, 0.29) is 23.3 Å². The molecule has 1 amide bonds. The fourth-order valence-corrected chi connectivity index (χ4v) is 3.87. The minimum atomic E-state index is -0.338. The maximum absolute atomic E-state index is 13.2. The van der Waals surface area contributed by atoms with E-state index >= 15 is 0 Å². The molecule has 0 bridgehead atoms. The molecule has 3 aromatic rings. The van der Waals surface area contributed by atoms with Crippen LogP contribution in [0.25, 0.3) is 0 Å². The van der Waals surface area contributed by atoms with Gasteiger partial charge in [0.2, 0.25) is 11.0 Å². The predicted octanol–water partition coefficient (Wildman–Crippen LogP) is 4.74. The molecule has 0 saturated heterocycles. The van der Waals surface area contributed by atoms with Crippen molar-refractivity contribution in [3.8, 4) is 0 Å². The van der Waals surface area contributed by atoms with Crippen molar-refractivity contribution in [2.45, 2.75) is 17.7 Å². The second-order valence-corrected chi connectivity index (χ2v) is 7.90. The first-order valence-electron chi connectivity index (χ1n) is 8.45. The molecule has 0 fully saturated rings. The number of rotatable bonds is 8. The zero-order valence-corrected chi connectivity index (χ0v) is 16.6. The summed E-state index contributed by atoms with van der Waals surface area (Å²) in [7, 11) is 0. The molecule has 9 heteroatoms. The van der Waals surface area contributed by atoms with Crippen LogP contribution in [0.2, 0.25) is 0 Å². The predicted molar refractivity (Wildman–Crippen MR) is 110 cm³/mol. The van der Waals surface area contributed by atoms with Gasteiger partial charge >= 0.3 is 0 Å². The SMILES string of the molecule is CCC(=O)Nc1ccc(C(=O)CSc2nnc(Nc3cccc(F)c3)s2)cc1. The molecule has 28 heavy (non-hydrogen) atoms. The highest BCUT2D eigenvalue weighted by Gasteiger charge is 2.11. The van der Waals surface area contributed by atoms with E-state index < -0.39 is 0 Å². The van der Waals surface area contributed by atoms with E-state index in [0.717, 1.165) is 0 Å². The fraction of sp³-hybridized carbons (Fsp3) is 0.158. The average molecular weight is 417 g/mol. The van der Waals surface area contributed by atoms with Gasteiger partial charge in [-0.1, -0.05) is 36.1 Å². The summed E-state index contributed by atoms with van der Waals surface area (Å²) in [5.41, 5.74) is 1.80. The van der Waals surface area contributed by atoms with Gasteiger partial charge in [-0.15, -0.1) is 10.2 Å². The quantitative estimate of drug-likeness (QED) is 0.407. The lowest BCUT2D eigenvalue weighted by atomic mass is 10.1. The topological polar surface area (TPSA) is 84.0 Å². The van der Waals surface area contributed by atoms with Gasteiger partial charge in [-0.05, 0) is 42.5 Å². The van der Waals surface area contributed by atoms with Crippen LogP contribution in [-0.2, 0) is 4.79 Å². The molecule has 0 aliphatic rings. The van der Waals surface area contributed by atoms with Crippen molar-refractivity contribution < 1.29 is 14.0 Å². The first kappa shape index (κ1) is 20.0. The normalized spacial score (nSPS) is 10.5. The zero-order valence-electron chi connectivity index (χ0n) is 14.9. The van der Waals surface area contributed by atoms with Gasteiger partial charge in [-0.2, -0.15) is 0 Å². The second kappa shape index (κ2) is 9.43. The molecule has 0 aliphatic carbocycles. The number of aromatic nitrogens is 2. The minimum Gasteiger partial charge on any atom is -0.330 e. The fourth-order valence-electron chi connectivity index (χ4n) is 2.21. The number of halogens is 1. The summed E-state index contributed by atoms with van der Waals surface area (Å²) in [5, 5.41) is 14.3. The van der Waals surface area contributed by atoms with Crippen molar-refractivity contribution in [3.63, 3.8) is 0 Å². The molecule has 0 radical (unpaired) electrons. The lowest BCUT2D eigenvalue weighted by molar-refractivity contribution is -0.115. The first-order chi connectivity index (χ1) is 13.5. The van der Waals surface area contributed by atoms with Crippen molar-refractivity contribution in [2.24, 2.45) is 0 Å². The Morgan fingerprint density at radius 3 is 2.61 bits per heavy atom. The number of amides is 1. The molecule has 6 nitrogen and oxygen atoms in total. The summed E-state index contributed by atoms with van der Waals surface area (Å²) >= 11 is 2.58. The van der Waals surface area contributed by atoms with Crippen molar-refractivity contribution in [3.05, 3.63) is 59.9 Å². The van der Waals surface area contributed by atoms with Gasteiger partial charge in [0.15, 0.2) is 10.1 Å². The lowest BCUT2D eigenvalue weighted by Gasteiger charge is -2.04. The number of nitrogens with zero attached hydrogens (tertiary/aromatic N) is 2. The van der Waals surface area contributed by atoms with Crippen LogP contribution in [0.1, 0.15) is 23.7 Å². The summed E-state index contributed by atoms with van der Waals surface area (Å²) in [5.74, 6) is -0.244. The van der Waals surface area contributed by atoms with Crippen molar-refractivity contribution >= 4 is 51.3 Å². The van der Waals surface area contributed by atoms with Crippen LogP contribution < -0.4 is 10.6 Å². The first-order valence-corrected chi connectivity index (χ1v) is 10.3. The monoisotopic (exact) mass is 416 g/mol. The molecule has 0 aliphatic heterocycles. The molecule has 0 saturated carbocycles. The molecular formula is C19H17FN4O2S2. The lowest BCUT2D eigenvalue weighted by Crippen LogP contribution is -2.09. The number of ketones is 1. The summed E-state index contributed by atoms with van der Waals surface area (Å²) in [6.45, 7) is 1.77. The van der Waals surface area contributed by atoms with E-state index in [1.807, 2.05) is 0 Å². The zero-order chi connectivity index (χ0) is 19.9. The highest BCUT2D eigenvalue weighted by Crippen LogP contribution is 2.28. The number of hydrogen-bond donors (Lipinski definition) is 2. The van der Waals surface area contributed by atoms with Gasteiger partial charge in [0.25, 0.3) is 0 Å². The highest BCUT2D eigenvalue weighted by atomic mass is 32.2. The molecule has 0 spiro atoms. The van der Waals surface area contributed by atoms with E-state index in [4.69, 9.17) is 0 Å². The number of nitrogens with one attached hydrogen (secondary N) is 2. The minimum absolute atomic E-state index is 0.0480. The third-order valence-corrected chi connectivity index (χ3v) is 5.59. The standard InChI is InChI=1S/C19H17FN4O2S2/c1-2-17(26)21-14-8-6-12(7-9-14)16(25)11-27-19-24-23-18(28-19)22-15-5-3-4-13(20)10-15/h3-10H,2,11H2,1H3,(H,21,26)(H,22,23). The largest absolute Gasteiger partial charge is 0.330 e. The Bertz CT molecular complexity index is 976. The third kappa shape index (κ3) is 5.61. The summed E-state index contributed by atoms with van der Waals surface area (Å²) in [6, 6.07) is 12.8.